The minimum Gasteiger partial charge on any atom is -0.480 e. The van der Waals surface area contributed by atoms with Gasteiger partial charge in [-0.3, -0.25) is 4.90 Å². The summed E-state index contributed by atoms with van der Waals surface area (Å²) in [4.78, 5) is 26.7. The largest absolute Gasteiger partial charge is 0.480 e. The van der Waals surface area contributed by atoms with Crippen molar-refractivity contribution < 1.29 is 19.8 Å². The molecule has 0 radical (unpaired) electrons. The number of hydrogen-bond donors (Lipinski definition) is 3. The molecule has 0 aliphatic carbocycles. The van der Waals surface area contributed by atoms with Crippen LogP contribution in [0.2, 0.25) is 0 Å². The highest BCUT2D eigenvalue weighted by Crippen LogP contribution is 2.03. The molecule has 1 rings (SSSR count). The predicted octanol–water partition coefficient (Wildman–Crippen LogP) is -0.441. The lowest BCUT2D eigenvalue weighted by molar-refractivity contribution is -0.139. The third-order valence-corrected chi connectivity index (χ3v) is 3.21. The number of carbonyl (C=O) groups excluding carboxylic acids is 1. The molecule has 7 nitrogen and oxygen atoms in total. The van der Waals surface area contributed by atoms with Crippen LogP contribution in [0.4, 0.5) is 4.79 Å². The lowest BCUT2D eigenvalue weighted by Crippen LogP contribution is -2.54. The Balaban J connectivity index is 2.39. The quantitative estimate of drug-likeness (QED) is 0.610. The fourth-order valence-electron chi connectivity index (χ4n) is 2.12. The summed E-state index contributed by atoms with van der Waals surface area (Å²) < 4.78 is 0. The van der Waals surface area contributed by atoms with Crippen LogP contribution in [0.15, 0.2) is 0 Å². The third-order valence-electron chi connectivity index (χ3n) is 3.21. The molecule has 0 aromatic rings. The van der Waals surface area contributed by atoms with Crippen LogP contribution in [0.1, 0.15) is 19.8 Å². The fraction of sp³-hybridized carbons (Fsp3) is 0.833. The Bertz CT molecular complexity index is 303. The Labute approximate surface area is 113 Å². The maximum atomic E-state index is 11.9. The Morgan fingerprint density at radius 1 is 1.26 bits per heavy atom. The topological polar surface area (TPSA) is 93.1 Å². The zero-order valence-corrected chi connectivity index (χ0v) is 11.3. The summed E-state index contributed by atoms with van der Waals surface area (Å²) in [6.45, 7) is 5.73. The molecule has 1 heterocycles. The first-order valence-corrected chi connectivity index (χ1v) is 6.70. The van der Waals surface area contributed by atoms with Crippen LogP contribution in [0.5, 0.6) is 0 Å². The molecule has 110 valence electrons. The predicted molar refractivity (Wildman–Crippen MR) is 70.0 cm³/mol. The molecule has 1 atom stereocenters. The van der Waals surface area contributed by atoms with E-state index in [0.717, 1.165) is 26.1 Å². The van der Waals surface area contributed by atoms with E-state index in [4.69, 9.17) is 10.2 Å². The van der Waals surface area contributed by atoms with E-state index in [1.807, 2.05) is 0 Å². The number of aliphatic carboxylic acids is 1. The third kappa shape index (κ3) is 5.04. The number of carbonyl (C=O) groups is 2. The number of nitrogens with zero attached hydrogens (tertiary/aromatic N) is 2. The Morgan fingerprint density at radius 3 is 2.37 bits per heavy atom. The molecule has 7 heteroatoms. The molecular formula is C12H23N3O4. The highest BCUT2D eigenvalue weighted by atomic mass is 16.4. The van der Waals surface area contributed by atoms with Crippen molar-refractivity contribution in [1.29, 1.82) is 0 Å². The number of hydrogen-bond acceptors (Lipinski definition) is 4. The second-order valence-corrected chi connectivity index (χ2v) is 4.68. The van der Waals surface area contributed by atoms with Crippen molar-refractivity contribution >= 4 is 12.0 Å². The van der Waals surface area contributed by atoms with E-state index in [9.17, 15) is 9.59 Å². The molecule has 1 aliphatic rings. The van der Waals surface area contributed by atoms with Crippen LogP contribution < -0.4 is 5.32 Å². The summed E-state index contributed by atoms with van der Waals surface area (Å²) in [6.07, 6.45) is 1.11. The second-order valence-electron chi connectivity index (χ2n) is 4.68. The molecule has 3 N–H and O–H groups in total. The fourth-order valence-corrected chi connectivity index (χ4v) is 2.12. The van der Waals surface area contributed by atoms with Gasteiger partial charge < -0.3 is 20.4 Å². The molecular weight excluding hydrogens is 250 g/mol. The van der Waals surface area contributed by atoms with Gasteiger partial charge in [0, 0.05) is 39.2 Å². The number of aliphatic hydroxyl groups is 1. The summed E-state index contributed by atoms with van der Waals surface area (Å²) in [5, 5.41) is 20.1. The minimum atomic E-state index is -1.12. The Hall–Kier alpha value is -1.34. The molecule has 19 heavy (non-hydrogen) atoms. The lowest BCUT2D eigenvalue weighted by atomic mass is 10.2. The lowest BCUT2D eigenvalue weighted by Gasteiger charge is -2.35. The summed E-state index contributed by atoms with van der Waals surface area (Å²) in [5.41, 5.74) is 0. The van der Waals surface area contributed by atoms with Crippen LogP contribution in [0.25, 0.3) is 0 Å². The number of amides is 2. The average Bonchev–Trinajstić information content (AvgIpc) is 2.39. The SMILES string of the molecule is CCCN1CCN(C(=O)N[C@H](CCO)C(=O)O)CC1. The van der Waals surface area contributed by atoms with Crippen LogP contribution in [-0.4, -0.2) is 77.4 Å². The van der Waals surface area contributed by atoms with Gasteiger partial charge in [-0.1, -0.05) is 6.92 Å². The maximum absolute atomic E-state index is 11.9. The van der Waals surface area contributed by atoms with E-state index < -0.39 is 12.0 Å². The number of piperazine rings is 1. The number of carboxylic acids is 1. The first-order chi connectivity index (χ1) is 9.08. The van der Waals surface area contributed by atoms with Gasteiger partial charge in [0.1, 0.15) is 6.04 Å². The zero-order chi connectivity index (χ0) is 14.3. The first-order valence-electron chi connectivity index (χ1n) is 6.70. The smallest absolute Gasteiger partial charge is 0.326 e. The van der Waals surface area contributed by atoms with Gasteiger partial charge in [-0.05, 0) is 13.0 Å². The zero-order valence-electron chi connectivity index (χ0n) is 11.3. The normalized spacial score (nSPS) is 18.1. The molecule has 2 amide bonds. The first kappa shape index (κ1) is 15.7. The summed E-state index contributed by atoms with van der Waals surface area (Å²) in [6, 6.07) is -1.39. The van der Waals surface area contributed by atoms with Crippen molar-refractivity contribution in [2.24, 2.45) is 0 Å². The monoisotopic (exact) mass is 273 g/mol. The number of nitrogens with one attached hydrogen (secondary N) is 1. The molecule has 0 spiro atoms. The van der Waals surface area contributed by atoms with Gasteiger partial charge in [0.15, 0.2) is 0 Å². The van der Waals surface area contributed by atoms with Gasteiger partial charge in [-0.25, -0.2) is 9.59 Å². The number of rotatable bonds is 6. The van der Waals surface area contributed by atoms with Gasteiger partial charge in [0.2, 0.25) is 0 Å². The van der Waals surface area contributed by atoms with E-state index in [2.05, 4.69) is 17.1 Å². The molecule has 0 bridgehead atoms. The highest BCUT2D eigenvalue weighted by Gasteiger charge is 2.25. The van der Waals surface area contributed by atoms with Crippen LogP contribution >= 0.6 is 0 Å². The maximum Gasteiger partial charge on any atom is 0.326 e. The van der Waals surface area contributed by atoms with E-state index in [0.29, 0.717) is 13.1 Å². The highest BCUT2D eigenvalue weighted by molar-refractivity contribution is 5.82. The van der Waals surface area contributed by atoms with E-state index >= 15 is 0 Å². The molecule has 1 saturated heterocycles. The van der Waals surface area contributed by atoms with Gasteiger partial charge in [-0.15, -0.1) is 0 Å². The van der Waals surface area contributed by atoms with E-state index in [1.165, 1.54) is 0 Å². The van der Waals surface area contributed by atoms with Crippen molar-refractivity contribution in [3.05, 3.63) is 0 Å². The number of carboxylic acid groups (broad SMARTS) is 1. The van der Waals surface area contributed by atoms with Gasteiger partial charge in [-0.2, -0.15) is 0 Å². The van der Waals surface area contributed by atoms with Crippen molar-refractivity contribution in [2.45, 2.75) is 25.8 Å². The van der Waals surface area contributed by atoms with E-state index in [1.54, 1.807) is 4.90 Å². The average molecular weight is 273 g/mol. The van der Waals surface area contributed by atoms with Gasteiger partial charge >= 0.3 is 12.0 Å². The summed E-state index contributed by atoms with van der Waals surface area (Å²) in [5.74, 6) is -1.12. The molecule has 0 unspecified atom stereocenters. The summed E-state index contributed by atoms with van der Waals surface area (Å²) in [7, 11) is 0. The van der Waals surface area contributed by atoms with Crippen molar-refractivity contribution in [3.8, 4) is 0 Å². The Morgan fingerprint density at radius 2 is 1.89 bits per heavy atom. The molecule has 1 fully saturated rings. The van der Waals surface area contributed by atoms with Gasteiger partial charge in [0.25, 0.3) is 0 Å². The van der Waals surface area contributed by atoms with Crippen molar-refractivity contribution in [2.75, 3.05) is 39.3 Å². The molecule has 0 aromatic heterocycles. The summed E-state index contributed by atoms with van der Waals surface area (Å²) >= 11 is 0. The standard InChI is InChI=1S/C12H23N3O4/c1-2-4-14-5-7-15(8-6-14)12(19)13-10(3-9-16)11(17)18/h10,16H,2-9H2,1H3,(H,13,19)(H,17,18)/t10-/m1/s1. The molecule has 0 saturated carbocycles. The molecule has 0 aromatic carbocycles. The Kier molecular flexibility index (Phi) is 6.58. The van der Waals surface area contributed by atoms with Crippen LogP contribution in [0.3, 0.4) is 0 Å². The number of aliphatic hydroxyl groups excluding tert-OH is 1. The minimum absolute atomic E-state index is 0.0247. The van der Waals surface area contributed by atoms with Crippen molar-refractivity contribution in [3.63, 3.8) is 0 Å². The van der Waals surface area contributed by atoms with Gasteiger partial charge in [0.05, 0.1) is 0 Å². The van der Waals surface area contributed by atoms with Crippen LogP contribution in [-0.2, 0) is 4.79 Å². The second kappa shape index (κ2) is 7.96. The van der Waals surface area contributed by atoms with Crippen molar-refractivity contribution in [1.82, 2.24) is 15.1 Å². The van der Waals surface area contributed by atoms with Crippen LogP contribution in [0, 0.1) is 0 Å². The van der Waals surface area contributed by atoms with E-state index in [-0.39, 0.29) is 19.1 Å². The molecule has 1 aliphatic heterocycles. The number of urea groups is 1.